The zero-order chi connectivity index (χ0) is 14.9. The first-order chi connectivity index (χ1) is 9.29. The number of carbonyl (C=O) groups is 1. The molecule has 2 rings (SSSR count). The first-order valence-electron chi connectivity index (χ1n) is 5.53. The molecule has 0 aliphatic carbocycles. The maximum atomic E-state index is 12.5. The Morgan fingerprint density at radius 3 is 2.60 bits per heavy atom. The average Bonchev–Trinajstić information content (AvgIpc) is 2.73. The molecular formula is C12H10F3N3OS. The van der Waals surface area contributed by atoms with Crippen molar-refractivity contribution in [3.8, 4) is 0 Å². The van der Waals surface area contributed by atoms with E-state index < -0.39 is 17.8 Å². The summed E-state index contributed by atoms with van der Waals surface area (Å²) < 4.78 is 39.1. The predicted molar refractivity (Wildman–Crippen MR) is 67.2 cm³/mol. The van der Waals surface area contributed by atoms with Gasteiger partial charge in [-0.2, -0.15) is 18.2 Å². The lowest BCUT2D eigenvalue weighted by Crippen LogP contribution is -2.15. The molecule has 1 amide bonds. The molecule has 0 N–H and O–H groups in total. The summed E-state index contributed by atoms with van der Waals surface area (Å²) in [6.07, 6.45) is -2.79. The summed E-state index contributed by atoms with van der Waals surface area (Å²) >= 11 is 1.26. The Hall–Kier alpha value is -1.96. The minimum atomic E-state index is -4.52. The van der Waals surface area contributed by atoms with Crippen molar-refractivity contribution in [2.75, 3.05) is 0 Å². The van der Waals surface area contributed by atoms with Crippen LogP contribution >= 0.6 is 11.3 Å². The van der Waals surface area contributed by atoms with Gasteiger partial charge in [0.1, 0.15) is 5.69 Å². The molecule has 106 valence electrons. The number of aromatic nitrogens is 2. The largest absolute Gasteiger partial charge is 0.433 e. The van der Waals surface area contributed by atoms with Crippen LogP contribution in [-0.4, -0.2) is 15.5 Å². The van der Waals surface area contributed by atoms with Gasteiger partial charge in [0.15, 0.2) is 4.80 Å². The molecule has 2 aromatic heterocycles. The van der Waals surface area contributed by atoms with Gasteiger partial charge in [0.25, 0.3) is 5.91 Å². The van der Waals surface area contributed by atoms with Crippen molar-refractivity contribution < 1.29 is 18.0 Å². The molecule has 0 radical (unpaired) electrons. The highest BCUT2D eigenvalue weighted by Crippen LogP contribution is 2.28. The van der Waals surface area contributed by atoms with E-state index in [2.05, 4.69) is 9.98 Å². The smallest absolute Gasteiger partial charge is 0.327 e. The molecule has 0 bridgehead atoms. The van der Waals surface area contributed by atoms with E-state index in [-0.39, 0.29) is 11.3 Å². The summed E-state index contributed by atoms with van der Waals surface area (Å²) in [5.74, 6) is -0.609. The van der Waals surface area contributed by atoms with E-state index in [0.29, 0.717) is 4.80 Å². The molecule has 0 spiro atoms. The minimum absolute atomic E-state index is 0.00721. The molecule has 8 heteroatoms. The van der Waals surface area contributed by atoms with Crippen molar-refractivity contribution in [2.24, 2.45) is 12.0 Å². The fourth-order valence-corrected chi connectivity index (χ4v) is 2.25. The Morgan fingerprint density at radius 1 is 1.40 bits per heavy atom. The van der Waals surface area contributed by atoms with Crippen LogP contribution in [0, 0.1) is 6.92 Å². The molecule has 0 aliphatic heterocycles. The minimum Gasteiger partial charge on any atom is -0.327 e. The first-order valence-corrected chi connectivity index (χ1v) is 6.41. The Bertz CT molecular complexity index is 715. The van der Waals surface area contributed by atoms with Crippen molar-refractivity contribution in [2.45, 2.75) is 13.1 Å². The number of rotatable bonds is 1. The summed E-state index contributed by atoms with van der Waals surface area (Å²) in [5.41, 5.74) is -0.951. The van der Waals surface area contributed by atoms with Gasteiger partial charge in [-0.05, 0) is 19.1 Å². The lowest BCUT2D eigenvalue weighted by Gasteiger charge is -2.07. The summed E-state index contributed by atoms with van der Waals surface area (Å²) in [4.78, 5) is 19.7. The van der Waals surface area contributed by atoms with E-state index in [4.69, 9.17) is 0 Å². The Kier molecular flexibility index (Phi) is 3.76. The van der Waals surface area contributed by atoms with Crippen LogP contribution in [-0.2, 0) is 13.2 Å². The second kappa shape index (κ2) is 5.20. The third-order valence-corrected chi connectivity index (χ3v) is 3.41. The van der Waals surface area contributed by atoms with Crippen LogP contribution in [0.15, 0.2) is 28.7 Å². The van der Waals surface area contributed by atoms with Crippen LogP contribution in [0.5, 0.6) is 0 Å². The van der Waals surface area contributed by atoms with Crippen LogP contribution in [0.25, 0.3) is 0 Å². The van der Waals surface area contributed by atoms with E-state index in [9.17, 15) is 18.0 Å². The summed E-state index contributed by atoms with van der Waals surface area (Å²) in [6.45, 7) is 1.35. The van der Waals surface area contributed by atoms with Crippen LogP contribution in [0.4, 0.5) is 13.2 Å². The van der Waals surface area contributed by atoms with Crippen molar-refractivity contribution >= 4 is 17.2 Å². The molecule has 0 unspecified atom stereocenters. The van der Waals surface area contributed by atoms with Gasteiger partial charge in [-0.1, -0.05) is 0 Å². The van der Waals surface area contributed by atoms with Crippen molar-refractivity contribution in [1.29, 1.82) is 0 Å². The van der Waals surface area contributed by atoms with Gasteiger partial charge in [-0.3, -0.25) is 4.79 Å². The standard InChI is InChI=1S/C12H10F3N3OS/c1-7-8(3-4-9(16-7)12(13,14)15)10(19)17-11-18(2)5-6-20-11/h3-6H,1-2H3. The van der Waals surface area contributed by atoms with Gasteiger partial charge >= 0.3 is 6.18 Å². The fourth-order valence-electron chi connectivity index (χ4n) is 1.53. The molecule has 0 saturated heterocycles. The number of aryl methyl sites for hydroxylation is 2. The van der Waals surface area contributed by atoms with Crippen molar-refractivity contribution in [1.82, 2.24) is 9.55 Å². The number of carbonyl (C=O) groups excluding carboxylic acids is 1. The highest BCUT2D eigenvalue weighted by molar-refractivity contribution is 7.07. The average molecular weight is 301 g/mol. The predicted octanol–water partition coefficient (Wildman–Crippen LogP) is 2.55. The normalized spacial score (nSPS) is 12.8. The molecule has 0 atom stereocenters. The van der Waals surface area contributed by atoms with E-state index in [0.717, 1.165) is 12.1 Å². The fraction of sp³-hybridized carbons (Fsp3) is 0.250. The Balaban J connectivity index is 2.40. The number of nitrogens with zero attached hydrogens (tertiary/aromatic N) is 3. The van der Waals surface area contributed by atoms with Crippen LogP contribution in [0.1, 0.15) is 21.7 Å². The topological polar surface area (TPSA) is 47.2 Å². The molecule has 2 aromatic rings. The maximum Gasteiger partial charge on any atom is 0.433 e. The van der Waals surface area contributed by atoms with Gasteiger partial charge in [0, 0.05) is 18.6 Å². The summed E-state index contributed by atoms with van der Waals surface area (Å²) in [6, 6.07) is 1.88. The lowest BCUT2D eigenvalue weighted by atomic mass is 10.1. The zero-order valence-corrected chi connectivity index (χ0v) is 11.4. The Labute approximate surface area is 116 Å². The van der Waals surface area contributed by atoms with Gasteiger partial charge < -0.3 is 4.57 Å². The molecule has 0 fully saturated rings. The molecule has 0 aliphatic rings. The molecular weight excluding hydrogens is 291 g/mol. The van der Waals surface area contributed by atoms with Crippen molar-refractivity contribution in [3.05, 3.63) is 45.5 Å². The van der Waals surface area contributed by atoms with E-state index in [1.54, 1.807) is 23.2 Å². The number of halogens is 3. The highest BCUT2D eigenvalue weighted by atomic mass is 32.1. The van der Waals surface area contributed by atoms with E-state index in [1.165, 1.54) is 18.3 Å². The second-order valence-electron chi connectivity index (χ2n) is 4.04. The highest BCUT2D eigenvalue weighted by Gasteiger charge is 2.33. The van der Waals surface area contributed by atoms with Crippen LogP contribution < -0.4 is 4.80 Å². The SMILES string of the molecule is Cc1nc(C(F)(F)F)ccc1C(=O)N=c1sccn1C. The molecule has 0 saturated carbocycles. The molecule has 2 heterocycles. The van der Waals surface area contributed by atoms with Gasteiger partial charge in [-0.25, -0.2) is 4.98 Å². The summed E-state index contributed by atoms with van der Waals surface area (Å²) in [5, 5.41) is 1.75. The third-order valence-electron chi connectivity index (χ3n) is 2.56. The zero-order valence-electron chi connectivity index (χ0n) is 10.6. The van der Waals surface area contributed by atoms with Gasteiger partial charge in [0.2, 0.25) is 0 Å². The van der Waals surface area contributed by atoms with Crippen LogP contribution in [0.2, 0.25) is 0 Å². The van der Waals surface area contributed by atoms with Gasteiger partial charge in [0.05, 0.1) is 11.3 Å². The number of amides is 1. The summed E-state index contributed by atoms with van der Waals surface area (Å²) in [7, 11) is 1.72. The quantitative estimate of drug-likeness (QED) is 0.812. The second-order valence-corrected chi connectivity index (χ2v) is 4.91. The number of hydrogen-bond acceptors (Lipinski definition) is 3. The number of thiazole rings is 1. The van der Waals surface area contributed by atoms with Crippen molar-refractivity contribution in [3.63, 3.8) is 0 Å². The molecule has 20 heavy (non-hydrogen) atoms. The van der Waals surface area contributed by atoms with Gasteiger partial charge in [-0.15, -0.1) is 11.3 Å². The lowest BCUT2D eigenvalue weighted by molar-refractivity contribution is -0.141. The number of alkyl halides is 3. The van der Waals surface area contributed by atoms with E-state index >= 15 is 0 Å². The first kappa shape index (κ1) is 14.4. The maximum absolute atomic E-state index is 12.5. The number of pyridine rings is 1. The Morgan fingerprint density at radius 2 is 2.10 bits per heavy atom. The molecule has 0 aromatic carbocycles. The van der Waals surface area contributed by atoms with Crippen LogP contribution in [0.3, 0.4) is 0 Å². The monoisotopic (exact) mass is 301 g/mol. The number of hydrogen-bond donors (Lipinski definition) is 0. The van der Waals surface area contributed by atoms with E-state index in [1.807, 2.05) is 0 Å². The molecule has 4 nitrogen and oxygen atoms in total. The third kappa shape index (κ3) is 2.96.